The van der Waals surface area contributed by atoms with Gasteiger partial charge in [-0.25, -0.2) is 4.39 Å². The van der Waals surface area contributed by atoms with Crippen molar-refractivity contribution in [2.24, 2.45) is 0 Å². The van der Waals surface area contributed by atoms with Crippen LogP contribution in [0.5, 0.6) is 5.75 Å². The monoisotopic (exact) mass is 291 g/mol. The first-order valence-electron chi connectivity index (χ1n) is 6.97. The van der Waals surface area contributed by atoms with E-state index in [-0.39, 0.29) is 17.1 Å². The van der Waals surface area contributed by atoms with Gasteiger partial charge < -0.3 is 10.1 Å². The zero-order chi connectivity index (χ0) is 15.5. The number of rotatable bonds is 5. The quantitative estimate of drug-likeness (QED) is 0.920. The summed E-state index contributed by atoms with van der Waals surface area (Å²) >= 11 is 0. The van der Waals surface area contributed by atoms with Gasteiger partial charge in [0.25, 0.3) is 0 Å². The van der Waals surface area contributed by atoms with E-state index in [9.17, 15) is 4.39 Å². The maximum atomic E-state index is 14.1. The van der Waals surface area contributed by atoms with Gasteiger partial charge in [-0.3, -0.25) is 4.68 Å². The van der Waals surface area contributed by atoms with Gasteiger partial charge in [-0.05, 0) is 26.8 Å². The van der Waals surface area contributed by atoms with Crippen LogP contribution in [0.2, 0.25) is 0 Å². The normalized spacial score (nSPS) is 11.7. The fraction of sp³-hybridized carbons (Fsp3) is 0.438. The third-order valence-electron chi connectivity index (χ3n) is 3.11. The van der Waals surface area contributed by atoms with Crippen LogP contribution in [-0.2, 0) is 13.1 Å². The van der Waals surface area contributed by atoms with E-state index in [4.69, 9.17) is 4.74 Å². The molecule has 0 aliphatic rings. The third kappa shape index (κ3) is 4.29. The van der Waals surface area contributed by atoms with Gasteiger partial charge in [0.05, 0.1) is 19.9 Å². The van der Waals surface area contributed by atoms with E-state index in [1.807, 2.05) is 6.20 Å². The highest BCUT2D eigenvalue weighted by molar-refractivity contribution is 5.31. The van der Waals surface area contributed by atoms with Crippen LogP contribution in [0, 0.1) is 5.82 Å². The minimum Gasteiger partial charge on any atom is -0.494 e. The lowest BCUT2D eigenvalue weighted by molar-refractivity contribution is 0.383. The second-order valence-corrected chi connectivity index (χ2v) is 6.08. The average molecular weight is 291 g/mol. The van der Waals surface area contributed by atoms with Gasteiger partial charge in [0.15, 0.2) is 11.6 Å². The van der Waals surface area contributed by atoms with Crippen molar-refractivity contribution in [1.82, 2.24) is 15.1 Å². The summed E-state index contributed by atoms with van der Waals surface area (Å²) in [4.78, 5) is 0. The number of hydrogen-bond acceptors (Lipinski definition) is 3. The summed E-state index contributed by atoms with van der Waals surface area (Å²) in [5.74, 6) is -0.0702. The highest BCUT2D eigenvalue weighted by Gasteiger charge is 2.11. The third-order valence-corrected chi connectivity index (χ3v) is 3.11. The van der Waals surface area contributed by atoms with Crippen molar-refractivity contribution in [3.63, 3.8) is 0 Å². The van der Waals surface area contributed by atoms with Crippen LogP contribution in [0.3, 0.4) is 0 Å². The molecule has 0 atom stereocenters. The number of nitrogens with zero attached hydrogens (tertiary/aromatic N) is 2. The zero-order valence-electron chi connectivity index (χ0n) is 13.0. The molecule has 0 amide bonds. The molecule has 0 fully saturated rings. The number of ether oxygens (including phenoxy) is 1. The Labute approximate surface area is 124 Å². The fourth-order valence-electron chi connectivity index (χ4n) is 1.96. The Hall–Kier alpha value is -1.88. The molecule has 2 rings (SSSR count). The molecule has 0 spiro atoms. The SMILES string of the molecule is COc1cccc(Cn2cc(CNC(C)(C)C)cn2)c1F. The number of hydrogen-bond donors (Lipinski definition) is 1. The molecule has 4 nitrogen and oxygen atoms in total. The van der Waals surface area contributed by atoms with Crippen LogP contribution in [0.25, 0.3) is 0 Å². The second-order valence-electron chi connectivity index (χ2n) is 6.08. The summed E-state index contributed by atoms with van der Waals surface area (Å²) < 4.78 is 20.8. The minimum absolute atomic E-state index is 0.0566. The van der Waals surface area contributed by atoms with E-state index in [1.54, 1.807) is 29.1 Å². The Morgan fingerprint density at radius 3 is 2.76 bits per heavy atom. The first-order valence-corrected chi connectivity index (χ1v) is 6.97. The smallest absolute Gasteiger partial charge is 0.170 e. The van der Waals surface area contributed by atoms with Gasteiger partial charge in [0.2, 0.25) is 0 Å². The number of aromatic nitrogens is 2. The topological polar surface area (TPSA) is 39.1 Å². The molecule has 114 valence electrons. The van der Waals surface area contributed by atoms with Gasteiger partial charge >= 0.3 is 0 Å². The maximum absolute atomic E-state index is 14.1. The number of halogens is 1. The molecule has 0 unspecified atom stereocenters. The molecule has 0 radical (unpaired) electrons. The molecule has 1 heterocycles. The van der Waals surface area contributed by atoms with E-state index in [2.05, 4.69) is 31.2 Å². The summed E-state index contributed by atoms with van der Waals surface area (Å²) in [5, 5.41) is 7.68. The Morgan fingerprint density at radius 2 is 2.10 bits per heavy atom. The van der Waals surface area contributed by atoms with E-state index in [0.717, 1.165) is 12.1 Å². The summed E-state index contributed by atoms with van der Waals surface area (Å²) in [5.41, 5.74) is 1.70. The van der Waals surface area contributed by atoms with Gasteiger partial charge in [-0.1, -0.05) is 12.1 Å². The largest absolute Gasteiger partial charge is 0.494 e. The van der Waals surface area contributed by atoms with Gasteiger partial charge in [0.1, 0.15) is 0 Å². The van der Waals surface area contributed by atoms with Crippen LogP contribution in [-0.4, -0.2) is 22.4 Å². The summed E-state index contributed by atoms with van der Waals surface area (Å²) in [7, 11) is 1.46. The van der Waals surface area contributed by atoms with Gasteiger partial charge in [-0.15, -0.1) is 0 Å². The Balaban J connectivity index is 2.06. The van der Waals surface area contributed by atoms with Crippen molar-refractivity contribution in [3.05, 3.63) is 47.5 Å². The highest BCUT2D eigenvalue weighted by Crippen LogP contribution is 2.20. The van der Waals surface area contributed by atoms with Crippen molar-refractivity contribution in [2.45, 2.75) is 39.4 Å². The molecule has 1 aromatic carbocycles. The van der Waals surface area contributed by atoms with Crippen LogP contribution < -0.4 is 10.1 Å². The lowest BCUT2D eigenvalue weighted by Crippen LogP contribution is -2.34. The number of methoxy groups -OCH3 is 1. The minimum atomic E-state index is -0.329. The molecule has 0 saturated carbocycles. The van der Waals surface area contributed by atoms with Crippen LogP contribution in [0.15, 0.2) is 30.6 Å². The molecule has 2 aromatic rings. The van der Waals surface area contributed by atoms with Crippen LogP contribution >= 0.6 is 0 Å². The lowest BCUT2D eigenvalue weighted by Gasteiger charge is -2.19. The molecular formula is C16H22FN3O. The summed E-state index contributed by atoms with van der Waals surface area (Å²) in [6.07, 6.45) is 3.73. The molecule has 5 heteroatoms. The van der Waals surface area contributed by atoms with Crippen molar-refractivity contribution >= 4 is 0 Å². The van der Waals surface area contributed by atoms with Crippen LogP contribution in [0.4, 0.5) is 4.39 Å². The van der Waals surface area contributed by atoms with Crippen molar-refractivity contribution in [3.8, 4) is 5.75 Å². The van der Waals surface area contributed by atoms with E-state index < -0.39 is 0 Å². The molecule has 1 N–H and O–H groups in total. The molecular weight excluding hydrogens is 269 g/mol. The molecule has 0 bridgehead atoms. The van der Waals surface area contributed by atoms with E-state index in [0.29, 0.717) is 12.1 Å². The summed E-state index contributed by atoms with van der Waals surface area (Å²) in [6, 6.07) is 5.13. The van der Waals surface area contributed by atoms with Crippen molar-refractivity contribution in [2.75, 3.05) is 7.11 Å². The van der Waals surface area contributed by atoms with Gasteiger partial charge in [-0.2, -0.15) is 5.10 Å². The average Bonchev–Trinajstić information content (AvgIpc) is 2.86. The molecule has 21 heavy (non-hydrogen) atoms. The first-order chi connectivity index (χ1) is 9.89. The Morgan fingerprint density at radius 1 is 1.33 bits per heavy atom. The maximum Gasteiger partial charge on any atom is 0.170 e. The Kier molecular flexibility index (Phi) is 4.63. The molecule has 1 aromatic heterocycles. The van der Waals surface area contributed by atoms with Crippen molar-refractivity contribution in [1.29, 1.82) is 0 Å². The Bertz CT molecular complexity index is 602. The first kappa shape index (κ1) is 15.5. The number of benzene rings is 1. The molecule has 0 aliphatic carbocycles. The van der Waals surface area contributed by atoms with Crippen LogP contribution in [0.1, 0.15) is 31.9 Å². The second kappa shape index (κ2) is 6.26. The van der Waals surface area contributed by atoms with Gasteiger partial charge in [0, 0.05) is 29.4 Å². The number of nitrogens with one attached hydrogen (secondary N) is 1. The lowest BCUT2D eigenvalue weighted by atomic mass is 10.1. The zero-order valence-corrected chi connectivity index (χ0v) is 13.0. The highest BCUT2D eigenvalue weighted by atomic mass is 19.1. The van der Waals surface area contributed by atoms with Crippen molar-refractivity contribution < 1.29 is 9.13 Å². The fourth-order valence-corrected chi connectivity index (χ4v) is 1.96. The summed E-state index contributed by atoms with van der Waals surface area (Å²) in [6.45, 7) is 7.47. The standard InChI is InChI=1S/C16H22FN3O/c1-16(2,3)18-8-12-9-19-20(10-12)11-13-6-5-7-14(21-4)15(13)17/h5-7,9-10,18H,8,11H2,1-4H3. The predicted molar refractivity (Wildman–Crippen MR) is 80.9 cm³/mol. The predicted octanol–water partition coefficient (Wildman–Crippen LogP) is 2.97. The molecule has 0 aliphatic heterocycles. The molecule has 0 saturated heterocycles. The van der Waals surface area contributed by atoms with E-state index in [1.165, 1.54) is 7.11 Å². The van der Waals surface area contributed by atoms with E-state index >= 15 is 0 Å².